The fourth-order valence-electron chi connectivity index (χ4n) is 3.91. The number of amides is 3. The van der Waals surface area contributed by atoms with Gasteiger partial charge in [-0.15, -0.1) is 6.58 Å². The molecular weight excluding hydrogens is 442 g/mol. The zero-order valence-corrected chi connectivity index (χ0v) is 22.9. The van der Waals surface area contributed by atoms with Gasteiger partial charge in [0.15, 0.2) is 0 Å². The van der Waals surface area contributed by atoms with Crippen LogP contribution in [0.15, 0.2) is 30.9 Å². The minimum Gasteiger partial charge on any atom is -0.444 e. The van der Waals surface area contributed by atoms with Crippen molar-refractivity contribution < 1.29 is 19.1 Å². The summed E-state index contributed by atoms with van der Waals surface area (Å²) in [7, 11) is 0. The van der Waals surface area contributed by atoms with Gasteiger partial charge in [0, 0.05) is 13.1 Å². The highest BCUT2D eigenvalue weighted by Gasteiger charge is 2.37. The Balaban J connectivity index is 3.40. The van der Waals surface area contributed by atoms with E-state index >= 15 is 0 Å². The highest BCUT2D eigenvalue weighted by atomic mass is 16.6. The van der Waals surface area contributed by atoms with E-state index in [1.54, 1.807) is 26.8 Å². The van der Waals surface area contributed by atoms with Crippen molar-refractivity contribution in [1.82, 2.24) is 15.5 Å². The molecule has 35 heavy (non-hydrogen) atoms. The first kappa shape index (κ1) is 30.2. The Morgan fingerprint density at radius 2 is 1.69 bits per heavy atom. The van der Waals surface area contributed by atoms with E-state index in [1.165, 1.54) is 4.90 Å². The minimum atomic E-state index is -0.869. The minimum absolute atomic E-state index is 0.151. The van der Waals surface area contributed by atoms with Crippen LogP contribution >= 0.6 is 0 Å². The zero-order chi connectivity index (χ0) is 26.8. The molecule has 0 radical (unpaired) electrons. The number of nitrogens with one attached hydrogen (secondary N) is 2. The van der Waals surface area contributed by atoms with Gasteiger partial charge in [0.2, 0.25) is 11.8 Å². The molecule has 2 N–H and O–H groups in total. The fourth-order valence-corrected chi connectivity index (χ4v) is 3.91. The number of benzene rings is 1. The number of carbonyl (C=O) groups excluding carboxylic acids is 3. The second kappa shape index (κ2) is 13.9. The summed E-state index contributed by atoms with van der Waals surface area (Å²) in [5.74, 6) is -0.838. The maximum atomic E-state index is 13.9. The molecule has 0 saturated heterocycles. The van der Waals surface area contributed by atoms with Crippen LogP contribution in [0.3, 0.4) is 0 Å². The van der Waals surface area contributed by atoms with Crippen LogP contribution in [0.4, 0.5) is 4.79 Å². The summed E-state index contributed by atoms with van der Waals surface area (Å²) in [6.07, 6.45) is 3.85. The van der Waals surface area contributed by atoms with Crippen molar-refractivity contribution in [2.75, 3.05) is 13.1 Å². The van der Waals surface area contributed by atoms with Crippen LogP contribution in [0.25, 0.3) is 0 Å². The Bertz CT molecular complexity index is 853. The number of unbranched alkanes of at least 4 members (excludes halogenated alkanes) is 2. The van der Waals surface area contributed by atoms with Gasteiger partial charge in [0.1, 0.15) is 17.7 Å². The van der Waals surface area contributed by atoms with E-state index in [0.717, 1.165) is 36.0 Å². The van der Waals surface area contributed by atoms with E-state index in [2.05, 4.69) is 24.1 Å². The molecule has 1 aromatic rings. The lowest BCUT2D eigenvalue weighted by molar-refractivity contribution is -0.142. The van der Waals surface area contributed by atoms with Crippen LogP contribution in [-0.4, -0.2) is 47.5 Å². The van der Waals surface area contributed by atoms with Gasteiger partial charge < -0.3 is 20.3 Å². The van der Waals surface area contributed by atoms with E-state index in [1.807, 2.05) is 45.9 Å². The summed E-state index contributed by atoms with van der Waals surface area (Å²) in [5.41, 5.74) is 2.03. The van der Waals surface area contributed by atoms with Crippen molar-refractivity contribution in [3.05, 3.63) is 47.5 Å². The van der Waals surface area contributed by atoms with E-state index in [4.69, 9.17) is 4.74 Å². The normalized spacial score (nSPS) is 13.1. The first-order chi connectivity index (χ1) is 16.3. The number of rotatable bonds is 12. The molecule has 0 fully saturated rings. The third kappa shape index (κ3) is 10.1. The van der Waals surface area contributed by atoms with Gasteiger partial charge in [-0.05, 0) is 52.5 Å². The standard InChI is InChI=1S/C28H45N3O4/c1-10-12-13-14-29-25(32)24(22-17-20(5)16-21(6)18-22)31(15-11-2)26(33)23(19(3)4)30-27(34)35-28(7,8)9/h11,16-19,23-24H,2,10,12-15H2,1,3-9H3,(H,29,32)(H,30,34). The maximum absolute atomic E-state index is 13.9. The molecule has 0 heterocycles. The Morgan fingerprint density at radius 3 is 2.17 bits per heavy atom. The van der Waals surface area contributed by atoms with E-state index < -0.39 is 23.8 Å². The number of carbonyl (C=O) groups is 3. The van der Waals surface area contributed by atoms with Gasteiger partial charge in [-0.3, -0.25) is 9.59 Å². The first-order valence-electron chi connectivity index (χ1n) is 12.6. The maximum Gasteiger partial charge on any atom is 0.408 e. The monoisotopic (exact) mass is 487 g/mol. The average Bonchev–Trinajstić information content (AvgIpc) is 2.72. The van der Waals surface area contributed by atoms with Gasteiger partial charge in [-0.2, -0.15) is 0 Å². The predicted molar refractivity (Wildman–Crippen MR) is 141 cm³/mol. The molecule has 0 bridgehead atoms. The van der Waals surface area contributed by atoms with Crippen molar-refractivity contribution in [3.63, 3.8) is 0 Å². The lowest BCUT2D eigenvalue weighted by Crippen LogP contribution is -2.55. The first-order valence-corrected chi connectivity index (χ1v) is 12.6. The molecule has 0 aliphatic carbocycles. The quantitative estimate of drug-likeness (QED) is 0.313. The van der Waals surface area contributed by atoms with Gasteiger partial charge in [-0.25, -0.2) is 4.79 Å². The molecule has 1 rings (SSSR count). The van der Waals surface area contributed by atoms with Crippen molar-refractivity contribution in [2.45, 2.75) is 92.3 Å². The molecule has 1 aromatic carbocycles. The average molecular weight is 488 g/mol. The molecule has 196 valence electrons. The summed E-state index contributed by atoms with van der Waals surface area (Å²) in [4.78, 5) is 41.4. The molecule has 0 aromatic heterocycles. The number of ether oxygens (including phenoxy) is 1. The van der Waals surface area contributed by atoms with Crippen LogP contribution in [0.2, 0.25) is 0 Å². The van der Waals surface area contributed by atoms with Crippen molar-refractivity contribution in [3.8, 4) is 0 Å². The lowest BCUT2D eigenvalue weighted by atomic mass is 9.96. The number of hydrogen-bond donors (Lipinski definition) is 2. The number of aryl methyl sites for hydroxylation is 2. The third-order valence-electron chi connectivity index (χ3n) is 5.41. The second-order valence-corrected chi connectivity index (χ2v) is 10.5. The smallest absolute Gasteiger partial charge is 0.408 e. The largest absolute Gasteiger partial charge is 0.444 e. The Morgan fingerprint density at radius 1 is 1.09 bits per heavy atom. The van der Waals surface area contributed by atoms with Crippen LogP contribution < -0.4 is 10.6 Å². The Labute approximate surface area is 211 Å². The number of nitrogens with zero attached hydrogens (tertiary/aromatic N) is 1. The molecule has 3 amide bonds. The van der Waals surface area contributed by atoms with Crippen molar-refractivity contribution in [1.29, 1.82) is 0 Å². The van der Waals surface area contributed by atoms with Crippen molar-refractivity contribution in [2.24, 2.45) is 5.92 Å². The summed E-state index contributed by atoms with van der Waals surface area (Å²) >= 11 is 0. The summed E-state index contributed by atoms with van der Waals surface area (Å²) in [5, 5.41) is 5.73. The van der Waals surface area contributed by atoms with Gasteiger partial charge in [-0.1, -0.05) is 69.0 Å². The van der Waals surface area contributed by atoms with E-state index in [0.29, 0.717) is 6.54 Å². The van der Waals surface area contributed by atoms with Crippen LogP contribution in [0, 0.1) is 19.8 Å². The molecule has 0 aliphatic rings. The van der Waals surface area contributed by atoms with Crippen molar-refractivity contribution >= 4 is 17.9 Å². The molecule has 0 aliphatic heterocycles. The van der Waals surface area contributed by atoms with Crippen LogP contribution in [-0.2, 0) is 14.3 Å². The summed E-state index contributed by atoms with van der Waals surface area (Å²) in [6.45, 7) is 19.5. The Hall–Kier alpha value is -2.83. The molecule has 7 nitrogen and oxygen atoms in total. The summed E-state index contributed by atoms with van der Waals surface area (Å²) < 4.78 is 5.39. The van der Waals surface area contributed by atoms with Crippen LogP contribution in [0.1, 0.15) is 83.5 Å². The molecule has 2 unspecified atom stereocenters. The van der Waals surface area contributed by atoms with Crippen LogP contribution in [0.5, 0.6) is 0 Å². The van der Waals surface area contributed by atoms with E-state index in [-0.39, 0.29) is 24.3 Å². The molecule has 0 saturated carbocycles. The van der Waals surface area contributed by atoms with E-state index in [9.17, 15) is 14.4 Å². The second-order valence-electron chi connectivity index (χ2n) is 10.5. The van der Waals surface area contributed by atoms with Gasteiger partial charge >= 0.3 is 6.09 Å². The van der Waals surface area contributed by atoms with Gasteiger partial charge in [0.25, 0.3) is 0 Å². The molecule has 0 spiro atoms. The number of alkyl carbamates (subject to hydrolysis) is 1. The van der Waals surface area contributed by atoms with Gasteiger partial charge in [0.05, 0.1) is 0 Å². The fraction of sp³-hybridized carbons (Fsp3) is 0.607. The highest BCUT2D eigenvalue weighted by molar-refractivity contribution is 5.92. The molecule has 7 heteroatoms. The SMILES string of the molecule is C=CCN(C(=O)C(NC(=O)OC(C)(C)C)C(C)C)C(C(=O)NCCCCC)c1cc(C)cc(C)c1. The molecular formula is C28H45N3O4. The predicted octanol–water partition coefficient (Wildman–Crippen LogP) is 5.21. The number of hydrogen-bond acceptors (Lipinski definition) is 4. The topological polar surface area (TPSA) is 87.7 Å². The third-order valence-corrected chi connectivity index (χ3v) is 5.41. The summed E-state index contributed by atoms with van der Waals surface area (Å²) in [6, 6.07) is 4.16. The lowest BCUT2D eigenvalue weighted by Gasteiger charge is -2.35. The molecule has 2 atom stereocenters. The Kier molecular flexibility index (Phi) is 12.0. The highest BCUT2D eigenvalue weighted by Crippen LogP contribution is 2.26. The zero-order valence-electron chi connectivity index (χ0n) is 22.9.